The van der Waals surface area contributed by atoms with Crippen LogP contribution < -0.4 is 22.1 Å². The van der Waals surface area contributed by atoms with Crippen molar-refractivity contribution in [2.24, 2.45) is 11.5 Å². The highest BCUT2D eigenvalue weighted by molar-refractivity contribution is 6.34. The molecule has 246 valence electrons. The third-order valence-electron chi connectivity index (χ3n) is 7.42. The number of benzene rings is 2. The zero-order chi connectivity index (χ0) is 34.4. The van der Waals surface area contributed by atoms with E-state index in [-0.39, 0.29) is 5.96 Å². The first-order chi connectivity index (χ1) is 23.1. The SMILES string of the molecule is CCCCc1c(C(=O)NC(=N)N)cnn1-c1cccc2ncccc12.CCc1c(C(=O)NC(=N)N)cnn1-c1ccc2[nH]nc(Cl)c2c1. The summed E-state index contributed by atoms with van der Waals surface area (Å²) in [5, 5.41) is 36.6. The number of carbonyl (C=O) groups is 2. The number of halogens is 1. The van der Waals surface area contributed by atoms with E-state index < -0.39 is 17.8 Å². The van der Waals surface area contributed by atoms with Gasteiger partial charge in [0.25, 0.3) is 11.8 Å². The minimum Gasteiger partial charge on any atom is -0.370 e. The molecule has 0 aliphatic rings. The number of nitrogens with one attached hydrogen (secondary N) is 5. The number of hydrogen-bond donors (Lipinski definition) is 7. The van der Waals surface area contributed by atoms with Crippen LogP contribution in [0.2, 0.25) is 5.15 Å². The molecular formula is C32H34ClN13O2. The molecule has 4 aromatic heterocycles. The minimum absolute atomic E-state index is 0.376. The first-order valence-electron chi connectivity index (χ1n) is 15.1. The van der Waals surface area contributed by atoms with Crippen molar-refractivity contribution < 1.29 is 9.59 Å². The van der Waals surface area contributed by atoms with Crippen molar-refractivity contribution >= 4 is 57.1 Å². The molecule has 0 atom stereocenters. The molecule has 0 fully saturated rings. The molecule has 0 aliphatic carbocycles. The number of guanidine groups is 2. The van der Waals surface area contributed by atoms with E-state index in [1.807, 2.05) is 55.5 Å². The van der Waals surface area contributed by atoms with Gasteiger partial charge in [0.1, 0.15) is 0 Å². The van der Waals surface area contributed by atoms with Crippen LogP contribution in [0.5, 0.6) is 0 Å². The molecule has 9 N–H and O–H groups in total. The van der Waals surface area contributed by atoms with E-state index >= 15 is 0 Å². The summed E-state index contributed by atoms with van der Waals surface area (Å²) in [6.07, 6.45) is 7.94. The van der Waals surface area contributed by atoms with Crippen LogP contribution in [0.15, 0.2) is 67.1 Å². The van der Waals surface area contributed by atoms with Crippen LogP contribution in [0.25, 0.3) is 33.2 Å². The minimum atomic E-state index is -0.456. The number of aromatic amines is 1. The third-order valence-corrected chi connectivity index (χ3v) is 7.71. The van der Waals surface area contributed by atoms with Gasteiger partial charge >= 0.3 is 0 Å². The summed E-state index contributed by atoms with van der Waals surface area (Å²) in [6.45, 7) is 4.01. The molecule has 6 rings (SSSR count). The number of nitrogens with zero attached hydrogens (tertiary/aromatic N) is 6. The number of fused-ring (bicyclic) bond motifs is 2. The lowest BCUT2D eigenvalue weighted by Gasteiger charge is -2.11. The number of hydrogen-bond acceptors (Lipinski definition) is 8. The first kappa shape index (κ1) is 33.3. The van der Waals surface area contributed by atoms with Crippen molar-refractivity contribution in [2.45, 2.75) is 39.5 Å². The zero-order valence-electron chi connectivity index (χ0n) is 26.2. The Bertz CT molecular complexity index is 2140. The molecule has 6 aromatic rings. The van der Waals surface area contributed by atoms with Crippen LogP contribution in [0.3, 0.4) is 0 Å². The van der Waals surface area contributed by atoms with Crippen molar-refractivity contribution in [3.05, 3.63) is 94.8 Å². The van der Waals surface area contributed by atoms with Gasteiger partial charge in [0.15, 0.2) is 17.1 Å². The number of H-pyrrole nitrogens is 1. The summed E-state index contributed by atoms with van der Waals surface area (Å²) in [7, 11) is 0. The number of amides is 2. The van der Waals surface area contributed by atoms with Crippen LogP contribution in [0.1, 0.15) is 58.8 Å². The van der Waals surface area contributed by atoms with Crippen LogP contribution in [-0.2, 0) is 12.8 Å². The summed E-state index contributed by atoms with van der Waals surface area (Å²) in [5.74, 6) is -1.66. The Kier molecular flexibility index (Phi) is 10.1. The highest BCUT2D eigenvalue weighted by atomic mass is 35.5. The smallest absolute Gasteiger partial charge is 0.261 e. The Labute approximate surface area is 279 Å². The average Bonchev–Trinajstić information content (AvgIpc) is 3.79. The highest BCUT2D eigenvalue weighted by Gasteiger charge is 2.20. The predicted molar refractivity (Wildman–Crippen MR) is 184 cm³/mol. The van der Waals surface area contributed by atoms with Crippen molar-refractivity contribution in [3.63, 3.8) is 0 Å². The maximum absolute atomic E-state index is 12.3. The topological polar surface area (TPSA) is 235 Å². The quantitative estimate of drug-likeness (QED) is 0.0924. The molecule has 0 spiro atoms. The molecule has 0 radical (unpaired) electrons. The lowest BCUT2D eigenvalue weighted by Crippen LogP contribution is -2.36. The number of aromatic nitrogens is 7. The number of unbranched alkanes of at least 4 members (excludes halogenated alkanes) is 1. The van der Waals surface area contributed by atoms with E-state index in [4.69, 9.17) is 33.9 Å². The molecule has 0 unspecified atom stereocenters. The maximum atomic E-state index is 12.3. The molecule has 0 aliphatic heterocycles. The summed E-state index contributed by atoms with van der Waals surface area (Å²) in [5.41, 5.74) is 16.1. The van der Waals surface area contributed by atoms with Gasteiger partial charge in [-0.05, 0) is 61.7 Å². The molecular weight excluding hydrogens is 634 g/mol. The Balaban J connectivity index is 0.000000188. The second kappa shape index (κ2) is 14.6. The fourth-order valence-corrected chi connectivity index (χ4v) is 5.43. The van der Waals surface area contributed by atoms with Crippen molar-refractivity contribution in [3.8, 4) is 11.4 Å². The lowest BCUT2D eigenvalue weighted by atomic mass is 10.1. The largest absolute Gasteiger partial charge is 0.370 e. The van der Waals surface area contributed by atoms with Crippen molar-refractivity contribution in [1.82, 2.24) is 45.4 Å². The van der Waals surface area contributed by atoms with Gasteiger partial charge < -0.3 is 11.5 Å². The van der Waals surface area contributed by atoms with E-state index in [9.17, 15) is 9.59 Å². The summed E-state index contributed by atoms with van der Waals surface area (Å²) >= 11 is 6.05. The van der Waals surface area contributed by atoms with E-state index in [2.05, 4.69) is 42.9 Å². The molecule has 2 amide bonds. The summed E-state index contributed by atoms with van der Waals surface area (Å²) in [6, 6.07) is 15.2. The molecule has 0 saturated carbocycles. The summed E-state index contributed by atoms with van der Waals surface area (Å²) in [4.78, 5) is 28.8. The maximum Gasteiger partial charge on any atom is 0.261 e. The monoisotopic (exact) mass is 667 g/mol. The van der Waals surface area contributed by atoms with Crippen LogP contribution in [0, 0.1) is 10.8 Å². The number of carbonyl (C=O) groups excluding carboxylic acids is 2. The van der Waals surface area contributed by atoms with Gasteiger partial charge in [-0.2, -0.15) is 15.3 Å². The second-order valence-corrected chi connectivity index (χ2v) is 11.0. The van der Waals surface area contributed by atoms with Crippen LogP contribution in [0.4, 0.5) is 0 Å². The van der Waals surface area contributed by atoms with Gasteiger partial charge in [-0.1, -0.05) is 37.9 Å². The van der Waals surface area contributed by atoms with Gasteiger partial charge in [0, 0.05) is 17.0 Å². The fraction of sp³-hybridized carbons (Fsp3) is 0.188. The van der Waals surface area contributed by atoms with Gasteiger partial charge in [-0.25, -0.2) is 9.36 Å². The second-order valence-electron chi connectivity index (χ2n) is 10.6. The number of rotatable bonds is 8. The van der Waals surface area contributed by atoms with Gasteiger partial charge in [-0.15, -0.1) is 0 Å². The summed E-state index contributed by atoms with van der Waals surface area (Å²) < 4.78 is 3.45. The molecule has 16 heteroatoms. The van der Waals surface area contributed by atoms with Crippen LogP contribution in [-0.4, -0.2) is 58.5 Å². The van der Waals surface area contributed by atoms with Crippen LogP contribution >= 0.6 is 11.6 Å². The number of pyridine rings is 1. The van der Waals surface area contributed by atoms with Crippen molar-refractivity contribution in [2.75, 3.05) is 0 Å². The van der Waals surface area contributed by atoms with E-state index in [1.54, 1.807) is 15.6 Å². The predicted octanol–water partition coefficient (Wildman–Crippen LogP) is 3.97. The molecule has 0 bridgehead atoms. The Morgan fingerprint density at radius 2 is 1.58 bits per heavy atom. The van der Waals surface area contributed by atoms with E-state index in [0.29, 0.717) is 34.8 Å². The first-order valence-corrected chi connectivity index (χ1v) is 15.4. The lowest BCUT2D eigenvalue weighted by molar-refractivity contribution is 0.0967. The molecule has 0 saturated heterocycles. The highest BCUT2D eigenvalue weighted by Crippen LogP contribution is 2.26. The molecule has 48 heavy (non-hydrogen) atoms. The van der Waals surface area contributed by atoms with Gasteiger partial charge in [0.2, 0.25) is 0 Å². The molecule has 2 aromatic carbocycles. The van der Waals surface area contributed by atoms with Gasteiger partial charge in [-0.3, -0.25) is 41.1 Å². The standard InChI is InChI=1S/C18H20N6O.C14H14ClN7O/c1-2-3-8-16-13(17(25)23-18(19)20)11-22-24(16)15-9-4-7-14-12(15)6-5-10-21-14;1-2-11-9(13(23)19-14(16)17)6-18-22(11)7-3-4-10-8(5-7)12(15)21-20-10/h4-7,9-11H,2-3,8H2,1H3,(H4,19,20,23,25);3-6H,2H2,1H3,(H,20,21)(H4,16,17,19,23). The Morgan fingerprint density at radius 1 is 0.896 bits per heavy atom. The zero-order valence-corrected chi connectivity index (χ0v) is 27.0. The normalized spacial score (nSPS) is 10.8. The Hall–Kier alpha value is -6.09. The fourth-order valence-electron chi connectivity index (χ4n) is 5.23. The van der Waals surface area contributed by atoms with Gasteiger partial charge in [0.05, 0.1) is 57.3 Å². The molecule has 4 heterocycles. The Morgan fingerprint density at radius 3 is 2.25 bits per heavy atom. The molecule has 15 nitrogen and oxygen atoms in total. The third kappa shape index (κ3) is 7.00. The van der Waals surface area contributed by atoms with E-state index in [0.717, 1.165) is 51.7 Å². The van der Waals surface area contributed by atoms with E-state index in [1.165, 1.54) is 12.4 Å². The number of nitrogens with two attached hydrogens (primary N) is 2. The van der Waals surface area contributed by atoms with Crippen molar-refractivity contribution in [1.29, 1.82) is 10.8 Å². The average molecular weight is 668 g/mol.